The molecule has 0 radical (unpaired) electrons. The predicted molar refractivity (Wildman–Crippen MR) is 350 cm³/mol. The number of anilines is 3. The molecule has 0 saturated carbocycles. The molecule has 14 aromatic carbocycles. The standard InChI is InChI=1S/C81H52N2O/c1-2-22-55-46-57(43-42-53(55)20-1)56-24-17-26-62(48-56)82(63-27-18-25-59(49-63)67-29-7-13-38-76(67)83-77-39-14-8-32-70(77)71-33-9-15-40-78(71)83)64-50-60(47-61(51-64)66-34-19-23-54-21-3-4-28-65(54)66)58-44-45-75-80(52-58)84-79-41-16-12-37-74(79)81(75)72-35-10-5-30-68(72)69-31-6-11-36-73(69)81/h1-52H. The van der Waals surface area contributed by atoms with Crippen LogP contribution in [0, 0.1) is 0 Å². The molecular weight excluding hydrogens is 1020 g/mol. The molecule has 17 rings (SSSR count). The van der Waals surface area contributed by atoms with Crippen molar-refractivity contribution in [3.05, 3.63) is 338 Å². The van der Waals surface area contributed by atoms with Gasteiger partial charge in [0.2, 0.25) is 0 Å². The number of rotatable bonds is 8. The number of para-hydroxylation sites is 4. The molecule has 2 heterocycles. The highest BCUT2D eigenvalue weighted by atomic mass is 16.5. The Balaban J connectivity index is 0.893. The van der Waals surface area contributed by atoms with Crippen LogP contribution in [0.4, 0.5) is 17.1 Å². The van der Waals surface area contributed by atoms with Crippen molar-refractivity contribution in [2.45, 2.75) is 5.41 Å². The van der Waals surface area contributed by atoms with Crippen molar-refractivity contribution in [2.24, 2.45) is 0 Å². The Bertz CT molecular complexity index is 5060. The van der Waals surface area contributed by atoms with Crippen LogP contribution in [0.2, 0.25) is 0 Å². The summed E-state index contributed by atoms with van der Waals surface area (Å²) >= 11 is 0. The summed E-state index contributed by atoms with van der Waals surface area (Å²) in [6, 6.07) is 116. The highest BCUT2D eigenvalue weighted by Gasteiger charge is 2.51. The molecule has 1 aromatic heterocycles. The minimum absolute atomic E-state index is 0.566. The van der Waals surface area contributed by atoms with E-state index in [4.69, 9.17) is 4.74 Å². The third kappa shape index (κ3) is 7.39. The lowest BCUT2D eigenvalue weighted by atomic mass is 9.66. The van der Waals surface area contributed by atoms with E-state index in [-0.39, 0.29) is 0 Å². The lowest BCUT2D eigenvalue weighted by Crippen LogP contribution is -2.32. The molecule has 392 valence electrons. The minimum Gasteiger partial charge on any atom is -0.457 e. The Morgan fingerprint density at radius 3 is 1.52 bits per heavy atom. The van der Waals surface area contributed by atoms with Crippen LogP contribution in [0.5, 0.6) is 11.5 Å². The maximum Gasteiger partial charge on any atom is 0.132 e. The van der Waals surface area contributed by atoms with Gasteiger partial charge >= 0.3 is 0 Å². The van der Waals surface area contributed by atoms with Crippen LogP contribution in [0.15, 0.2) is 315 Å². The molecule has 0 N–H and O–H groups in total. The van der Waals surface area contributed by atoms with Crippen LogP contribution in [0.3, 0.4) is 0 Å². The van der Waals surface area contributed by atoms with E-state index in [0.29, 0.717) is 0 Å². The van der Waals surface area contributed by atoms with Gasteiger partial charge in [-0.25, -0.2) is 0 Å². The quantitative estimate of drug-likeness (QED) is 0.151. The zero-order valence-electron chi connectivity index (χ0n) is 45.8. The summed E-state index contributed by atoms with van der Waals surface area (Å²) in [4.78, 5) is 2.46. The average molecular weight is 1070 g/mol. The van der Waals surface area contributed by atoms with Gasteiger partial charge in [0.1, 0.15) is 11.5 Å². The summed E-state index contributed by atoms with van der Waals surface area (Å²) in [6.45, 7) is 0. The van der Waals surface area contributed by atoms with Crippen LogP contribution in [-0.2, 0) is 5.41 Å². The van der Waals surface area contributed by atoms with Gasteiger partial charge in [-0.3, -0.25) is 0 Å². The number of aromatic nitrogens is 1. The Morgan fingerprint density at radius 1 is 0.262 bits per heavy atom. The van der Waals surface area contributed by atoms with E-state index in [1.165, 1.54) is 65.6 Å². The van der Waals surface area contributed by atoms with Gasteiger partial charge in [-0.05, 0) is 162 Å². The SMILES string of the molecule is c1cc(-c2ccc3ccccc3c2)cc(N(c2cccc(-c3ccccc3-n3c4ccccc4c4ccccc43)c2)c2cc(-c3ccc4c(c3)Oc3ccccc3C43c4ccccc4-c4ccccc43)cc(-c3cccc4ccccc34)c2)c1. The van der Waals surface area contributed by atoms with Gasteiger partial charge in [-0.1, -0.05) is 237 Å². The van der Waals surface area contributed by atoms with Crippen molar-refractivity contribution >= 4 is 60.4 Å². The fraction of sp³-hybridized carbons (Fsp3) is 0.0123. The average Bonchev–Trinajstić information content (AvgIpc) is 2.04. The molecule has 0 saturated heterocycles. The summed E-state index contributed by atoms with van der Waals surface area (Å²) in [5.41, 5.74) is 22.3. The highest BCUT2D eigenvalue weighted by molar-refractivity contribution is 6.10. The summed E-state index contributed by atoms with van der Waals surface area (Å²) < 4.78 is 9.59. The first-order chi connectivity index (χ1) is 41.6. The molecular formula is C81H52N2O. The number of nitrogens with zero attached hydrogens (tertiary/aromatic N) is 2. The molecule has 0 amide bonds. The minimum atomic E-state index is -0.566. The van der Waals surface area contributed by atoms with E-state index in [9.17, 15) is 0 Å². The molecule has 0 fully saturated rings. The first-order valence-electron chi connectivity index (χ1n) is 29.0. The van der Waals surface area contributed by atoms with Crippen molar-refractivity contribution in [1.29, 1.82) is 0 Å². The monoisotopic (exact) mass is 1070 g/mol. The van der Waals surface area contributed by atoms with Gasteiger partial charge in [-0.15, -0.1) is 0 Å². The summed E-state index contributed by atoms with van der Waals surface area (Å²) in [5.74, 6) is 1.72. The zero-order valence-corrected chi connectivity index (χ0v) is 45.8. The van der Waals surface area contributed by atoms with Crippen LogP contribution in [0.1, 0.15) is 22.3 Å². The van der Waals surface area contributed by atoms with Crippen molar-refractivity contribution in [2.75, 3.05) is 4.90 Å². The van der Waals surface area contributed by atoms with Gasteiger partial charge < -0.3 is 14.2 Å². The fourth-order valence-electron chi connectivity index (χ4n) is 14.1. The van der Waals surface area contributed by atoms with E-state index < -0.39 is 5.41 Å². The third-order valence-electron chi connectivity index (χ3n) is 17.8. The van der Waals surface area contributed by atoms with Crippen LogP contribution in [-0.4, -0.2) is 4.57 Å². The number of hydrogen-bond donors (Lipinski definition) is 0. The van der Waals surface area contributed by atoms with Crippen molar-refractivity contribution < 1.29 is 4.74 Å². The molecule has 1 spiro atoms. The zero-order chi connectivity index (χ0) is 55.3. The van der Waals surface area contributed by atoms with Crippen molar-refractivity contribution in [3.8, 4) is 72.8 Å². The highest BCUT2D eigenvalue weighted by Crippen LogP contribution is 2.62. The Morgan fingerprint density at radius 2 is 0.762 bits per heavy atom. The van der Waals surface area contributed by atoms with E-state index in [1.807, 2.05) is 0 Å². The topological polar surface area (TPSA) is 17.4 Å². The van der Waals surface area contributed by atoms with Gasteiger partial charge in [0.15, 0.2) is 0 Å². The fourth-order valence-corrected chi connectivity index (χ4v) is 14.1. The maximum atomic E-state index is 7.15. The lowest BCUT2D eigenvalue weighted by Gasteiger charge is -2.39. The van der Waals surface area contributed by atoms with Gasteiger partial charge in [0, 0.05) is 44.5 Å². The first kappa shape index (κ1) is 47.8. The van der Waals surface area contributed by atoms with Gasteiger partial charge in [0.05, 0.1) is 22.1 Å². The molecule has 0 atom stereocenters. The second kappa shape index (κ2) is 19.1. The molecule has 0 unspecified atom stereocenters. The molecule has 0 bridgehead atoms. The van der Waals surface area contributed by atoms with E-state index in [1.54, 1.807) is 0 Å². The lowest BCUT2D eigenvalue weighted by molar-refractivity contribution is 0.436. The van der Waals surface area contributed by atoms with E-state index in [0.717, 1.165) is 89.9 Å². The summed E-state index contributed by atoms with van der Waals surface area (Å²) in [7, 11) is 0. The van der Waals surface area contributed by atoms with Gasteiger partial charge in [0.25, 0.3) is 0 Å². The molecule has 3 heteroatoms. The van der Waals surface area contributed by atoms with E-state index >= 15 is 0 Å². The third-order valence-corrected chi connectivity index (χ3v) is 17.8. The summed E-state index contributed by atoms with van der Waals surface area (Å²) in [6.07, 6.45) is 0. The normalized spacial score (nSPS) is 12.7. The molecule has 84 heavy (non-hydrogen) atoms. The van der Waals surface area contributed by atoms with Crippen molar-refractivity contribution in [3.63, 3.8) is 0 Å². The number of ether oxygens (including phenoxy) is 1. The molecule has 2 aliphatic rings. The molecule has 1 aliphatic carbocycles. The molecule has 3 nitrogen and oxygen atoms in total. The number of hydrogen-bond acceptors (Lipinski definition) is 2. The second-order valence-electron chi connectivity index (χ2n) is 22.3. The summed E-state index contributed by atoms with van der Waals surface area (Å²) in [5, 5.41) is 7.30. The smallest absolute Gasteiger partial charge is 0.132 e. The van der Waals surface area contributed by atoms with Crippen LogP contribution < -0.4 is 9.64 Å². The molecule has 1 aliphatic heterocycles. The number of benzene rings is 14. The predicted octanol–water partition coefficient (Wildman–Crippen LogP) is 21.7. The van der Waals surface area contributed by atoms with Gasteiger partial charge in [-0.2, -0.15) is 0 Å². The number of fused-ring (bicyclic) bond motifs is 14. The molecule has 15 aromatic rings. The van der Waals surface area contributed by atoms with Crippen molar-refractivity contribution in [1.82, 2.24) is 4.57 Å². The van der Waals surface area contributed by atoms with Crippen LogP contribution in [0.25, 0.3) is 105 Å². The Hall–Kier alpha value is -11.0. The van der Waals surface area contributed by atoms with E-state index in [2.05, 4.69) is 325 Å². The Kier molecular flexibility index (Phi) is 10.8. The largest absolute Gasteiger partial charge is 0.457 e. The maximum absolute atomic E-state index is 7.15. The van der Waals surface area contributed by atoms with Crippen LogP contribution >= 0.6 is 0 Å². The second-order valence-corrected chi connectivity index (χ2v) is 22.3. The first-order valence-corrected chi connectivity index (χ1v) is 29.0. The Labute approximate surface area is 487 Å².